The Morgan fingerprint density at radius 3 is 2.48 bits per heavy atom. The van der Waals surface area contributed by atoms with Crippen LogP contribution in [0.1, 0.15) is 44.1 Å². The summed E-state index contributed by atoms with van der Waals surface area (Å²) in [6.07, 6.45) is 1.70. The summed E-state index contributed by atoms with van der Waals surface area (Å²) in [7, 11) is 1.69. The molecule has 3 heterocycles. The SMILES string of the molecule is COCC1(C(=O)N2CCN(c3cc(C)nc(C(C)C)n3)CC2)CCNCC1. The Morgan fingerprint density at radius 2 is 1.89 bits per heavy atom. The maximum absolute atomic E-state index is 13.3. The number of anilines is 1. The third-order valence-electron chi connectivity index (χ3n) is 5.70. The molecular formula is C20H33N5O2. The van der Waals surface area contributed by atoms with E-state index >= 15 is 0 Å². The van der Waals surface area contributed by atoms with Crippen LogP contribution in [0.5, 0.6) is 0 Å². The van der Waals surface area contributed by atoms with Crippen LogP contribution >= 0.6 is 0 Å². The van der Waals surface area contributed by atoms with E-state index in [0.717, 1.165) is 69.4 Å². The summed E-state index contributed by atoms with van der Waals surface area (Å²) in [5.74, 6) is 2.43. The first-order chi connectivity index (χ1) is 12.9. The van der Waals surface area contributed by atoms with Gasteiger partial charge in [-0.15, -0.1) is 0 Å². The number of amides is 1. The van der Waals surface area contributed by atoms with Crippen LogP contribution < -0.4 is 10.2 Å². The molecule has 0 saturated carbocycles. The Kier molecular flexibility index (Phi) is 6.32. The summed E-state index contributed by atoms with van der Waals surface area (Å²) in [6.45, 7) is 11.6. The normalized spacial score (nSPS) is 20.2. The topological polar surface area (TPSA) is 70.6 Å². The maximum Gasteiger partial charge on any atom is 0.231 e. The van der Waals surface area contributed by atoms with E-state index in [4.69, 9.17) is 9.72 Å². The number of carbonyl (C=O) groups is 1. The molecule has 0 aliphatic carbocycles. The zero-order chi connectivity index (χ0) is 19.4. The first-order valence-electron chi connectivity index (χ1n) is 10.0. The van der Waals surface area contributed by atoms with Gasteiger partial charge in [0, 0.05) is 51.0 Å². The lowest BCUT2D eigenvalue weighted by Crippen LogP contribution is -2.56. The molecule has 2 fully saturated rings. The first-order valence-corrected chi connectivity index (χ1v) is 10.0. The molecule has 1 aromatic heterocycles. The fourth-order valence-electron chi connectivity index (χ4n) is 4.07. The van der Waals surface area contributed by atoms with Crippen molar-refractivity contribution in [1.29, 1.82) is 0 Å². The zero-order valence-electron chi connectivity index (χ0n) is 17.1. The number of rotatable bonds is 5. The first kappa shape index (κ1) is 20.0. The van der Waals surface area contributed by atoms with E-state index in [1.807, 2.05) is 17.9 Å². The monoisotopic (exact) mass is 375 g/mol. The molecule has 2 saturated heterocycles. The maximum atomic E-state index is 13.3. The number of carbonyl (C=O) groups excluding carboxylic acids is 1. The molecular weight excluding hydrogens is 342 g/mol. The molecule has 0 bridgehead atoms. The highest BCUT2D eigenvalue weighted by Gasteiger charge is 2.42. The summed E-state index contributed by atoms with van der Waals surface area (Å²) in [4.78, 5) is 26.9. The molecule has 7 heteroatoms. The highest BCUT2D eigenvalue weighted by Crippen LogP contribution is 2.32. The largest absolute Gasteiger partial charge is 0.384 e. The Balaban J connectivity index is 1.67. The molecule has 3 rings (SSSR count). The van der Waals surface area contributed by atoms with Crippen molar-refractivity contribution < 1.29 is 9.53 Å². The van der Waals surface area contributed by atoms with Crippen molar-refractivity contribution in [2.45, 2.75) is 39.5 Å². The highest BCUT2D eigenvalue weighted by molar-refractivity contribution is 5.83. The Hall–Kier alpha value is -1.73. The number of nitrogens with zero attached hydrogens (tertiary/aromatic N) is 4. The van der Waals surface area contributed by atoms with E-state index in [0.29, 0.717) is 12.5 Å². The van der Waals surface area contributed by atoms with Crippen LogP contribution in [0.3, 0.4) is 0 Å². The number of hydrogen-bond acceptors (Lipinski definition) is 6. The van der Waals surface area contributed by atoms with Crippen LogP contribution in [-0.2, 0) is 9.53 Å². The molecule has 7 nitrogen and oxygen atoms in total. The number of nitrogens with one attached hydrogen (secondary N) is 1. The molecule has 1 aromatic rings. The third kappa shape index (κ3) is 4.41. The lowest BCUT2D eigenvalue weighted by molar-refractivity contribution is -0.147. The van der Waals surface area contributed by atoms with Gasteiger partial charge in [0.15, 0.2) is 0 Å². The Labute approximate surface area is 162 Å². The van der Waals surface area contributed by atoms with Crippen molar-refractivity contribution >= 4 is 11.7 Å². The third-order valence-corrected chi connectivity index (χ3v) is 5.70. The van der Waals surface area contributed by atoms with Crippen LogP contribution in [0.2, 0.25) is 0 Å². The van der Waals surface area contributed by atoms with E-state index in [2.05, 4.69) is 29.0 Å². The van der Waals surface area contributed by atoms with Crippen molar-refractivity contribution in [3.63, 3.8) is 0 Å². The van der Waals surface area contributed by atoms with Gasteiger partial charge in [0.25, 0.3) is 0 Å². The van der Waals surface area contributed by atoms with E-state index in [9.17, 15) is 4.79 Å². The molecule has 0 atom stereocenters. The van der Waals surface area contributed by atoms with Crippen LogP contribution in [0.4, 0.5) is 5.82 Å². The predicted molar refractivity (Wildman–Crippen MR) is 106 cm³/mol. The van der Waals surface area contributed by atoms with Crippen LogP contribution in [-0.4, -0.2) is 73.8 Å². The molecule has 150 valence electrons. The van der Waals surface area contributed by atoms with E-state index in [-0.39, 0.29) is 11.3 Å². The number of ether oxygens (including phenoxy) is 1. The second-order valence-electron chi connectivity index (χ2n) is 8.12. The van der Waals surface area contributed by atoms with Crippen molar-refractivity contribution in [2.75, 3.05) is 57.9 Å². The molecule has 27 heavy (non-hydrogen) atoms. The smallest absolute Gasteiger partial charge is 0.231 e. The molecule has 0 spiro atoms. The van der Waals surface area contributed by atoms with Gasteiger partial charge in [0.05, 0.1) is 12.0 Å². The summed E-state index contributed by atoms with van der Waals surface area (Å²) in [5, 5.41) is 3.36. The number of methoxy groups -OCH3 is 1. The van der Waals surface area contributed by atoms with Gasteiger partial charge >= 0.3 is 0 Å². The minimum Gasteiger partial charge on any atom is -0.384 e. The fraction of sp³-hybridized carbons (Fsp3) is 0.750. The van der Waals surface area contributed by atoms with Gasteiger partial charge in [-0.05, 0) is 32.9 Å². The summed E-state index contributed by atoms with van der Waals surface area (Å²) >= 11 is 0. The van der Waals surface area contributed by atoms with Crippen molar-refractivity contribution in [2.24, 2.45) is 5.41 Å². The van der Waals surface area contributed by atoms with Crippen LogP contribution in [0.15, 0.2) is 6.07 Å². The van der Waals surface area contributed by atoms with Gasteiger partial charge in [-0.3, -0.25) is 4.79 Å². The molecule has 0 unspecified atom stereocenters. The van der Waals surface area contributed by atoms with E-state index in [1.54, 1.807) is 7.11 Å². The zero-order valence-corrected chi connectivity index (χ0v) is 17.1. The average molecular weight is 376 g/mol. The van der Waals surface area contributed by atoms with Crippen LogP contribution in [0, 0.1) is 12.3 Å². The molecule has 1 N–H and O–H groups in total. The predicted octanol–water partition coefficient (Wildman–Crippen LogP) is 1.57. The van der Waals surface area contributed by atoms with Crippen molar-refractivity contribution in [1.82, 2.24) is 20.2 Å². The number of aryl methyl sites for hydroxylation is 1. The number of piperidine rings is 1. The summed E-state index contributed by atoms with van der Waals surface area (Å²) in [5.41, 5.74) is 0.634. The number of aromatic nitrogens is 2. The molecule has 1 amide bonds. The van der Waals surface area contributed by atoms with Crippen molar-refractivity contribution in [3.05, 3.63) is 17.6 Å². The van der Waals surface area contributed by atoms with Gasteiger partial charge in [0.1, 0.15) is 11.6 Å². The molecule has 2 aliphatic rings. The Morgan fingerprint density at radius 1 is 1.22 bits per heavy atom. The fourth-order valence-corrected chi connectivity index (χ4v) is 4.07. The second kappa shape index (κ2) is 8.52. The average Bonchev–Trinajstić information content (AvgIpc) is 2.68. The van der Waals surface area contributed by atoms with Gasteiger partial charge in [-0.2, -0.15) is 0 Å². The molecule has 0 aromatic carbocycles. The highest BCUT2D eigenvalue weighted by atomic mass is 16.5. The second-order valence-corrected chi connectivity index (χ2v) is 8.12. The quantitative estimate of drug-likeness (QED) is 0.842. The van der Waals surface area contributed by atoms with E-state index < -0.39 is 0 Å². The van der Waals surface area contributed by atoms with E-state index in [1.165, 1.54) is 0 Å². The van der Waals surface area contributed by atoms with Gasteiger partial charge in [0.2, 0.25) is 5.91 Å². The lowest BCUT2D eigenvalue weighted by atomic mass is 9.78. The van der Waals surface area contributed by atoms with Crippen LogP contribution in [0.25, 0.3) is 0 Å². The number of hydrogen-bond donors (Lipinski definition) is 1. The van der Waals surface area contributed by atoms with Gasteiger partial charge in [-0.25, -0.2) is 9.97 Å². The van der Waals surface area contributed by atoms with Gasteiger partial charge < -0.3 is 19.9 Å². The lowest BCUT2D eigenvalue weighted by Gasteiger charge is -2.43. The minimum atomic E-state index is -0.363. The number of piperazine rings is 1. The minimum absolute atomic E-state index is 0.257. The standard InChI is InChI=1S/C20H33N5O2/c1-15(2)18-22-16(3)13-17(23-18)24-9-11-25(12-10-24)19(26)20(14-27-4)5-7-21-8-6-20/h13,15,21H,5-12,14H2,1-4H3. The van der Waals surface area contributed by atoms with Gasteiger partial charge in [-0.1, -0.05) is 13.8 Å². The molecule has 2 aliphatic heterocycles. The Bertz CT molecular complexity index is 644. The summed E-state index contributed by atoms with van der Waals surface area (Å²) in [6, 6.07) is 2.04. The van der Waals surface area contributed by atoms with Crippen molar-refractivity contribution in [3.8, 4) is 0 Å². The molecule has 0 radical (unpaired) electrons. The summed E-state index contributed by atoms with van der Waals surface area (Å²) < 4.78 is 5.43.